The quantitative estimate of drug-likeness (QED) is 0.415. The van der Waals surface area contributed by atoms with Crippen LogP contribution in [0.3, 0.4) is 0 Å². The lowest BCUT2D eigenvalue weighted by atomic mass is 9.99. The number of amides is 1. The number of hydrogen-bond acceptors (Lipinski definition) is 4. The predicted molar refractivity (Wildman–Crippen MR) is 116 cm³/mol. The van der Waals surface area contributed by atoms with E-state index in [-0.39, 0.29) is 11.9 Å². The SMILES string of the molecule is O=C(c1ccc2ccccc2c1)N1CCCCC1c1nc(-c2ccc(Cl)cc2)no1. The number of halogens is 1. The molecule has 2 heterocycles. The Balaban J connectivity index is 1.44. The summed E-state index contributed by atoms with van der Waals surface area (Å²) in [7, 11) is 0. The lowest BCUT2D eigenvalue weighted by molar-refractivity contribution is 0.0561. The summed E-state index contributed by atoms with van der Waals surface area (Å²) in [6.45, 7) is 0.676. The first kappa shape index (κ1) is 18.8. The number of aromatic nitrogens is 2. The normalized spacial score (nSPS) is 16.7. The summed E-state index contributed by atoms with van der Waals surface area (Å²) in [5.41, 5.74) is 1.51. The molecule has 5 rings (SSSR count). The van der Waals surface area contributed by atoms with Crippen LogP contribution in [0.25, 0.3) is 22.2 Å². The van der Waals surface area contributed by atoms with E-state index in [4.69, 9.17) is 16.1 Å². The Morgan fingerprint density at radius 1 is 1.00 bits per heavy atom. The maximum atomic E-state index is 13.4. The Morgan fingerprint density at radius 2 is 1.80 bits per heavy atom. The molecule has 1 atom stereocenters. The molecule has 1 fully saturated rings. The average molecular weight is 418 g/mol. The molecule has 1 amide bonds. The maximum Gasteiger partial charge on any atom is 0.254 e. The summed E-state index contributed by atoms with van der Waals surface area (Å²) >= 11 is 5.97. The molecule has 1 aliphatic heterocycles. The second-order valence-corrected chi connectivity index (χ2v) is 7.97. The van der Waals surface area contributed by atoms with Crippen LogP contribution in [-0.4, -0.2) is 27.5 Å². The minimum Gasteiger partial charge on any atom is -0.337 e. The van der Waals surface area contributed by atoms with Gasteiger partial charge in [-0.3, -0.25) is 4.79 Å². The Bertz CT molecular complexity index is 1200. The number of benzene rings is 3. The highest BCUT2D eigenvalue weighted by atomic mass is 35.5. The lowest BCUT2D eigenvalue weighted by Crippen LogP contribution is -2.38. The molecule has 5 nitrogen and oxygen atoms in total. The van der Waals surface area contributed by atoms with Gasteiger partial charge in [0.05, 0.1) is 0 Å². The van der Waals surface area contributed by atoms with Crippen LogP contribution in [0.4, 0.5) is 0 Å². The zero-order chi connectivity index (χ0) is 20.5. The van der Waals surface area contributed by atoms with Crippen molar-refractivity contribution in [3.63, 3.8) is 0 Å². The van der Waals surface area contributed by atoms with Crippen molar-refractivity contribution in [3.8, 4) is 11.4 Å². The summed E-state index contributed by atoms with van der Waals surface area (Å²) in [6, 6.07) is 21.0. The molecule has 3 aromatic carbocycles. The molecule has 0 N–H and O–H groups in total. The fraction of sp³-hybridized carbons (Fsp3) is 0.208. The van der Waals surface area contributed by atoms with Crippen molar-refractivity contribution in [2.45, 2.75) is 25.3 Å². The van der Waals surface area contributed by atoms with Crippen molar-refractivity contribution in [1.29, 1.82) is 0 Å². The van der Waals surface area contributed by atoms with Crippen LogP contribution < -0.4 is 0 Å². The molecule has 0 saturated carbocycles. The van der Waals surface area contributed by atoms with Crippen LogP contribution in [0.15, 0.2) is 71.3 Å². The van der Waals surface area contributed by atoms with Crippen molar-refractivity contribution in [2.24, 2.45) is 0 Å². The second kappa shape index (κ2) is 7.92. The van der Waals surface area contributed by atoms with Gasteiger partial charge in [0.1, 0.15) is 6.04 Å². The molecule has 0 aliphatic carbocycles. The van der Waals surface area contributed by atoms with Crippen LogP contribution in [-0.2, 0) is 0 Å². The van der Waals surface area contributed by atoms with Gasteiger partial charge in [-0.25, -0.2) is 0 Å². The summed E-state index contributed by atoms with van der Waals surface area (Å²) in [5.74, 6) is 0.982. The van der Waals surface area contributed by atoms with Crippen molar-refractivity contribution in [2.75, 3.05) is 6.54 Å². The third-order valence-electron chi connectivity index (χ3n) is 5.59. The van der Waals surface area contributed by atoms with E-state index in [1.165, 1.54) is 0 Å². The van der Waals surface area contributed by atoms with Crippen LogP contribution in [0.1, 0.15) is 41.6 Å². The van der Waals surface area contributed by atoms with Crippen LogP contribution in [0.2, 0.25) is 5.02 Å². The Labute approximate surface area is 179 Å². The van der Waals surface area contributed by atoms with E-state index in [0.29, 0.717) is 28.8 Å². The van der Waals surface area contributed by atoms with Crippen molar-refractivity contribution in [1.82, 2.24) is 15.0 Å². The molecule has 30 heavy (non-hydrogen) atoms. The predicted octanol–water partition coefficient (Wildman–Crippen LogP) is 5.91. The van der Waals surface area contributed by atoms with Gasteiger partial charge in [-0.2, -0.15) is 4.98 Å². The maximum absolute atomic E-state index is 13.4. The average Bonchev–Trinajstić information content (AvgIpc) is 3.29. The molecule has 0 bridgehead atoms. The van der Waals surface area contributed by atoms with Crippen molar-refractivity contribution < 1.29 is 9.32 Å². The van der Waals surface area contributed by atoms with E-state index < -0.39 is 0 Å². The minimum absolute atomic E-state index is 0.00306. The number of likely N-dealkylation sites (tertiary alicyclic amines) is 1. The number of nitrogens with zero attached hydrogens (tertiary/aromatic N) is 3. The third kappa shape index (κ3) is 3.57. The molecule has 1 aromatic heterocycles. The molecule has 0 radical (unpaired) electrons. The highest BCUT2D eigenvalue weighted by Crippen LogP contribution is 2.33. The van der Waals surface area contributed by atoms with E-state index in [2.05, 4.69) is 10.1 Å². The largest absolute Gasteiger partial charge is 0.337 e. The number of piperidine rings is 1. The van der Waals surface area contributed by atoms with Gasteiger partial charge in [-0.15, -0.1) is 0 Å². The molecule has 1 unspecified atom stereocenters. The molecule has 0 spiro atoms. The number of carbonyl (C=O) groups excluding carboxylic acids is 1. The summed E-state index contributed by atoms with van der Waals surface area (Å²) in [6.07, 6.45) is 2.79. The fourth-order valence-electron chi connectivity index (χ4n) is 4.01. The minimum atomic E-state index is -0.216. The summed E-state index contributed by atoms with van der Waals surface area (Å²) in [4.78, 5) is 19.8. The zero-order valence-corrected chi connectivity index (χ0v) is 17.0. The third-order valence-corrected chi connectivity index (χ3v) is 5.84. The summed E-state index contributed by atoms with van der Waals surface area (Å²) in [5, 5.41) is 6.96. The van der Waals surface area contributed by atoms with Crippen LogP contribution in [0, 0.1) is 0 Å². The van der Waals surface area contributed by atoms with Gasteiger partial charge in [0.25, 0.3) is 5.91 Å². The molecule has 1 saturated heterocycles. The molecular formula is C24H20ClN3O2. The lowest BCUT2D eigenvalue weighted by Gasteiger charge is -2.33. The molecule has 150 valence electrons. The van der Waals surface area contributed by atoms with Gasteiger partial charge in [-0.05, 0) is 66.4 Å². The Morgan fingerprint density at radius 3 is 2.63 bits per heavy atom. The Kier molecular flexibility index (Phi) is 4.97. The fourth-order valence-corrected chi connectivity index (χ4v) is 4.13. The van der Waals surface area contributed by atoms with Gasteiger partial charge in [0.2, 0.25) is 11.7 Å². The highest BCUT2D eigenvalue weighted by Gasteiger charge is 2.32. The standard InChI is InChI=1S/C24H20ClN3O2/c25-20-12-10-17(11-13-20)22-26-23(30-27-22)21-7-3-4-14-28(21)24(29)19-9-8-16-5-1-2-6-18(16)15-19/h1-2,5-6,8-13,15,21H,3-4,7,14H2. The first-order valence-electron chi connectivity index (χ1n) is 10.1. The van der Waals surface area contributed by atoms with Crippen molar-refractivity contribution in [3.05, 3.63) is 83.2 Å². The van der Waals surface area contributed by atoms with E-state index in [1.807, 2.05) is 59.5 Å². The van der Waals surface area contributed by atoms with Crippen LogP contribution in [0.5, 0.6) is 0 Å². The van der Waals surface area contributed by atoms with E-state index in [0.717, 1.165) is 35.6 Å². The Hall–Kier alpha value is -3.18. The van der Waals surface area contributed by atoms with Gasteiger partial charge in [0, 0.05) is 22.7 Å². The highest BCUT2D eigenvalue weighted by molar-refractivity contribution is 6.30. The molecular weight excluding hydrogens is 398 g/mol. The molecule has 6 heteroatoms. The van der Waals surface area contributed by atoms with Gasteiger partial charge < -0.3 is 9.42 Å². The molecule has 4 aromatic rings. The van der Waals surface area contributed by atoms with Gasteiger partial charge in [-0.1, -0.05) is 47.1 Å². The number of rotatable bonds is 3. The van der Waals surface area contributed by atoms with Gasteiger partial charge in [0.15, 0.2) is 0 Å². The van der Waals surface area contributed by atoms with E-state index in [1.54, 1.807) is 12.1 Å². The number of hydrogen-bond donors (Lipinski definition) is 0. The number of fused-ring (bicyclic) bond motifs is 1. The number of carbonyl (C=O) groups is 1. The monoisotopic (exact) mass is 417 g/mol. The van der Waals surface area contributed by atoms with Crippen LogP contribution >= 0.6 is 11.6 Å². The zero-order valence-electron chi connectivity index (χ0n) is 16.3. The summed E-state index contributed by atoms with van der Waals surface area (Å²) < 4.78 is 5.59. The topological polar surface area (TPSA) is 59.2 Å². The second-order valence-electron chi connectivity index (χ2n) is 7.54. The van der Waals surface area contributed by atoms with Crippen molar-refractivity contribution >= 4 is 28.3 Å². The first-order valence-corrected chi connectivity index (χ1v) is 10.5. The van der Waals surface area contributed by atoms with Gasteiger partial charge >= 0.3 is 0 Å². The smallest absolute Gasteiger partial charge is 0.254 e. The first-order chi connectivity index (χ1) is 14.7. The van der Waals surface area contributed by atoms with E-state index in [9.17, 15) is 4.79 Å². The molecule has 1 aliphatic rings. The van der Waals surface area contributed by atoms with E-state index >= 15 is 0 Å².